The van der Waals surface area contributed by atoms with Crippen molar-refractivity contribution in [3.63, 3.8) is 0 Å². The highest BCUT2D eigenvalue weighted by atomic mass is 35.5. The molecule has 4 heteroatoms. The first kappa shape index (κ1) is 20.2. The number of hydrogen-bond acceptors (Lipinski definition) is 2. The van der Waals surface area contributed by atoms with Crippen LogP contribution in [-0.4, -0.2) is 17.0 Å². The number of rotatable bonds is 2. The number of carbonyl (C=O) groups is 1. The molecule has 0 fully saturated rings. The van der Waals surface area contributed by atoms with Gasteiger partial charge in [0.05, 0.1) is 5.57 Å². The lowest BCUT2D eigenvalue weighted by molar-refractivity contribution is -0.132. The third kappa shape index (κ3) is 3.42. The average molecular weight is 373 g/mol. The molecule has 1 aromatic rings. The fraction of sp³-hybridized carbons (Fsp3) is 0.409. The third-order valence-corrected chi connectivity index (χ3v) is 5.71. The van der Waals surface area contributed by atoms with Crippen molar-refractivity contribution in [2.75, 3.05) is 0 Å². The molecule has 2 aliphatic carbocycles. The lowest BCUT2D eigenvalue weighted by Crippen LogP contribution is -2.33. The molecule has 0 radical (unpaired) electrons. The molecule has 3 nitrogen and oxygen atoms in total. The number of hydrogen-bond donors (Lipinski definition) is 1. The van der Waals surface area contributed by atoms with Crippen LogP contribution in [0.4, 0.5) is 0 Å². The van der Waals surface area contributed by atoms with Crippen LogP contribution in [0.1, 0.15) is 63.6 Å². The van der Waals surface area contributed by atoms with Crippen molar-refractivity contribution in [2.45, 2.75) is 57.8 Å². The highest BCUT2D eigenvalue weighted by Crippen LogP contribution is 2.47. The lowest BCUT2D eigenvalue weighted by Gasteiger charge is -2.42. The Morgan fingerprint density at radius 3 is 2.23 bits per heavy atom. The standard InChI is InChI=1S/C22H24O3.ClH/c1-21(2)9-10-22(3,4)19-12-15(6-8-18(19)21)17-11-14(13-23)5-7-16(17)20(24)25;/h5-8,12H,9-11H2,1-4H3,(H,24,25);1H. The topological polar surface area (TPSA) is 54.4 Å². The van der Waals surface area contributed by atoms with E-state index in [4.69, 9.17) is 0 Å². The molecular formula is C22H25ClO3. The summed E-state index contributed by atoms with van der Waals surface area (Å²) in [6.07, 6.45) is 5.60. The minimum atomic E-state index is -0.964. The maximum absolute atomic E-state index is 11.6. The molecule has 0 bridgehead atoms. The fourth-order valence-electron chi connectivity index (χ4n) is 3.93. The summed E-state index contributed by atoms with van der Waals surface area (Å²) in [7, 11) is 0. The first-order valence-electron chi connectivity index (χ1n) is 8.69. The number of halogens is 1. The maximum atomic E-state index is 11.6. The van der Waals surface area contributed by atoms with Gasteiger partial charge >= 0.3 is 5.97 Å². The molecule has 0 aliphatic heterocycles. The van der Waals surface area contributed by atoms with Crippen molar-refractivity contribution in [3.05, 3.63) is 58.2 Å². The van der Waals surface area contributed by atoms with E-state index < -0.39 is 5.97 Å². The minimum Gasteiger partial charge on any atom is -0.478 e. The van der Waals surface area contributed by atoms with E-state index in [1.807, 2.05) is 12.0 Å². The van der Waals surface area contributed by atoms with Gasteiger partial charge in [-0.1, -0.05) is 45.9 Å². The predicted octanol–water partition coefficient (Wildman–Crippen LogP) is 5.01. The zero-order chi connectivity index (χ0) is 18.4. The smallest absolute Gasteiger partial charge is 0.335 e. The summed E-state index contributed by atoms with van der Waals surface area (Å²) in [5.74, 6) is 0.943. The van der Waals surface area contributed by atoms with E-state index in [1.165, 1.54) is 17.2 Å². The molecule has 0 saturated heterocycles. The molecule has 0 unspecified atom stereocenters. The molecule has 1 N–H and O–H groups in total. The number of aliphatic carboxylic acids is 1. The molecular weight excluding hydrogens is 348 g/mol. The van der Waals surface area contributed by atoms with E-state index >= 15 is 0 Å². The quantitative estimate of drug-likeness (QED) is 0.742. The number of carbonyl (C=O) groups excluding carboxylic acids is 1. The molecule has 0 aromatic heterocycles. The van der Waals surface area contributed by atoms with Gasteiger partial charge in [0.2, 0.25) is 0 Å². The van der Waals surface area contributed by atoms with E-state index in [2.05, 4.69) is 39.8 Å². The van der Waals surface area contributed by atoms with Crippen LogP contribution in [0.2, 0.25) is 0 Å². The third-order valence-electron chi connectivity index (χ3n) is 5.71. The highest BCUT2D eigenvalue weighted by molar-refractivity contribution is 6.01. The Morgan fingerprint density at radius 2 is 1.65 bits per heavy atom. The van der Waals surface area contributed by atoms with E-state index in [0.29, 0.717) is 17.6 Å². The summed E-state index contributed by atoms with van der Waals surface area (Å²) in [6.45, 7) is 9.02. The summed E-state index contributed by atoms with van der Waals surface area (Å²) in [5, 5.41) is 9.54. The molecule has 3 rings (SSSR count). The zero-order valence-electron chi connectivity index (χ0n) is 15.7. The van der Waals surface area contributed by atoms with Crippen molar-refractivity contribution in [1.29, 1.82) is 0 Å². The van der Waals surface area contributed by atoms with E-state index in [9.17, 15) is 14.7 Å². The van der Waals surface area contributed by atoms with Crippen LogP contribution in [-0.2, 0) is 20.4 Å². The van der Waals surface area contributed by atoms with Gasteiger partial charge in [0.25, 0.3) is 0 Å². The number of benzene rings is 1. The van der Waals surface area contributed by atoms with Gasteiger partial charge in [0.1, 0.15) is 5.94 Å². The zero-order valence-corrected chi connectivity index (χ0v) is 16.5. The van der Waals surface area contributed by atoms with Gasteiger partial charge in [-0.15, -0.1) is 12.4 Å². The number of carboxylic acids is 1. The maximum Gasteiger partial charge on any atom is 0.335 e. The van der Waals surface area contributed by atoms with E-state index in [0.717, 1.165) is 18.4 Å². The summed E-state index contributed by atoms with van der Waals surface area (Å²) < 4.78 is 0. The second-order valence-corrected chi connectivity index (χ2v) is 8.36. The van der Waals surface area contributed by atoms with Gasteiger partial charge in [-0.05, 0) is 58.1 Å². The molecule has 2 aliphatic rings. The summed E-state index contributed by atoms with van der Waals surface area (Å²) in [5.41, 5.74) is 5.11. The Kier molecular flexibility index (Phi) is 5.37. The number of allylic oxidation sites excluding steroid dienone is 3. The largest absolute Gasteiger partial charge is 0.478 e. The van der Waals surface area contributed by atoms with E-state index in [-0.39, 0.29) is 28.8 Å². The lowest BCUT2D eigenvalue weighted by atomic mass is 9.62. The molecule has 26 heavy (non-hydrogen) atoms. The molecule has 0 amide bonds. The van der Waals surface area contributed by atoms with Crippen LogP contribution < -0.4 is 0 Å². The summed E-state index contributed by atoms with van der Waals surface area (Å²) >= 11 is 0. The van der Waals surface area contributed by atoms with Gasteiger partial charge in [-0.25, -0.2) is 9.59 Å². The van der Waals surface area contributed by atoms with Crippen LogP contribution in [0.25, 0.3) is 5.57 Å². The van der Waals surface area contributed by atoms with Crippen molar-refractivity contribution >= 4 is 29.9 Å². The van der Waals surface area contributed by atoms with E-state index in [1.54, 1.807) is 6.08 Å². The molecule has 138 valence electrons. The first-order valence-corrected chi connectivity index (χ1v) is 8.69. The SMILES string of the molecule is CC1(C)CCC(C)(C)c2cc(C3=C(C(=O)O)C=CC(=C=O)C3)ccc21.Cl. The Balaban J connectivity index is 0.00000243. The second kappa shape index (κ2) is 6.90. The van der Waals surface area contributed by atoms with Crippen LogP contribution in [0.3, 0.4) is 0 Å². The normalized spacial score (nSPS) is 20.1. The van der Waals surface area contributed by atoms with Gasteiger partial charge in [0.15, 0.2) is 0 Å². The molecule has 0 saturated carbocycles. The Morgan fingerprint density at radius 1 is 1.04 bits per heavy atom. The van der Waals surface area contributed by atoms with Crippen molar-refractivity contribution in [3.8, 4) is 0 Å². The van der Waals surface area contributed by atoms with Crippen molar-refractivity contribution in [2.24, 2.45) is 0 Å². The molecule has 1 aromatic carbocycles. The number of fused-ring (bicyclic) bond motifs is 1. The average Bonchev–Trinajstić information content (AvgIpc) is 2.58. The van der Waals surface area contributed by atoms with Crippen LogP contribution in [0.15, 0.2) is 41.5 Å². The first-order chi connectivity index (χ1) is 11.7. The van der Waals surface area contributed by atoms with Crippen LogP contribution in [0.5, 0.6) is 0 Å². The molecule has 0 heterocycles. The van der Waals surface area contributed by atoms with Gasteiger partial charge in [-0.3, -0.25) is 0 Å². The highest BCUT2D eigenvalue weighted by Gasteiger charge is 2.37. The van der Waals surface area contributed by atoms with Crippen molar-refractivity contribution < 1.29 is 14.7 Å². The van der Waals surface area contributed by atoms with Gasteiger partial charge < -0.3 is 5.11 Å². The summed E-state index contributed by atoms with van der Waals surface area (Å²) in [6, 6.07) is 6.28. The predicted molar refractivity (Wildman–Crippen MR) is 106 cm³/mol. The van der Waals surface area contributed by atoms with Gasteiger partial charge in [-0.2, -0.15) is 0 Å². The van der Waals surface area contributed by atoms with Crippen molar-refractivity contribution in [1.82, 2.24) is 0 Å². The fourth-order valence-corrected chi connectivity index (χ4v) is 3.93. The Hall–Kier alpha value is -2.09. The second-order valence-electron chi connectivity index (χ2n) is 8.36. The number of carboxylic acid groups (broad SMARTS) is 1. The Labute approximate surface area is 160 Å². The Bertz CT molecular complexity index is 865. The minimum absolute atomic E-state index is 0. The van der Waals surface area contributed by atoms with Crippen LogP contribution >= 0.6 is 12.4 Å². The molecule has 0 atom stereocenters. The summed E-state index contributed by atoms with van der Waals surface area (Å²) in [4.78, 5) is 22.7. The van der Waals surface area contributed by atoms with Crippen LogP contribution in [0, 0.1) is 0 Å². The molecule has 0 spiro atoms. The van der Waals surface area contributed by atoms with Gasteiger partial charge in [0, 0.05) is 12.0 Å². The monoisotopic (exact) mass is 372 g/mol.